The van der Waals surface area contributed by atoms with E-state index < -0.39 is 0 Å². The molecule has 0 unspecified atom stereocenters. The van der Waals surface area contributed by atoms with Crippen LogP contribution in [0.4, 0.5) is 0 Å². The van der Waals surface area contributed by atoms with Crippen LogP contribution in [0, 0.1) is 0 Å². The first-order valence-corrected chi connectivity index (χ1v) is 3.41. The summed E-state index contributed by atoms with van der Waals surface area (Å²) in [6, 6.07) is 0. The van der Waals surface area contributed by atoms with Crippen molar-refractivity contribution in [2.75, 3.05) is 0 Å². The fraction of sp³-hybridized carbons (Fsp3) is 0. The molecule has 0 bridgehead atoms. The van der Waals surface area contributed by atoms with Crippen molar-refractivity contribution in [2.24, 2.45) is 0 Å². The Kier molecular flexibility index (Phi) is 1.12. The van der Waals surface area contributed by atoms with Crippen LogP contribution in [0.3, 0.4) is 0 Å². The van der Waals surface area contributed by atoms with E-state index in [9.17, 15) is 0 Å². The predicted octanol–water partition coefficient (Wildman–Crippen LogP) is 0.186. The van der Waals surface area contributed by atoms with Gasteiger partial charge in [0.2, 0.25) is 0 Å². The maximum absolute atomic E-state index is 2.14. The van der Waals surface area contributed by atoms with Crippen LogP contribution >= 0.6 is 0 Å². The third-order valence-electron chi connectivity index (χ3n) is 0.732. The second-order valence-electron chi connectivity index (χ2n) is 1.29. The minimum absolute atomic E-state index is 1.28. The number of hydrogen-bond donors (Lipinski definition) is 0. The van der Waals surface area contributed by atoms with E-state index >= 15 is 0 Å². The molecule has 0 saturated heterocycles. The predicted molar refractivity (Wildman–Crippen MR) is 30.4 cm³/mol. The van der Waals surface area contributed by atoms with Crippen molar-refractivity contribution in [1.29, 1.82) is 0 Å². The molecule has 28 valence electrons. The Hall–Kier alpha value is -0.0136. The van der Waals surface area contributed by atoms with Crippen LogP contribution in [0.5, 0.6) is 0 Å². The Morgan fingerprint density at radius 2 is 1.67 bits per heavy atom. The molecule has 0 N–H and O–H groups in total. The fourth-order valence-corrected chi connectivity index (χ4v) is 0.985. The first kappa shape index (κ1) is 4.15. The van der Waals surface area contributed by atoms with Gasteiger partial charge in [0.1, 0.15) is 0 Å². The molecule has 0 aliphatic heterocycles. The molecule has 0 spiro atoms. The molecule has 0 atom stereocenters. The molecule has 1 aliphatic rings. The molecule has 0 amide bonds. The maximum atomic E-state index is 2.14. The molecule has 0 radical (unpaired) electrons. The molecule has 0 saturated carbocycles. The molecule has 6 heavy (non-hydrogen) atoms. The zero-order valence-corrected chi connectivity index (χ0v) is 6.48. The first-order valence-electron chi connectivity index (χ1n) is 1.93. The van der Waals surface area contributed by atoms with Crippen LogP contribution in [0.25, 0.3) is 0 Å². The summed E-state index contributed by atoms with van der Waals surface area (Å²) in [7, 11) is 0. The van der Waals surface area contributed by atoms with Crippen molar-refractivity contribution < 1.29 is 0 Å². The second kappa shape index (κ2) is 1.62. The number of rotatable bonds is 0. The topological polar surface area (TPSA) is 0 Å². The van der Waals surface area contributed by atoms with Crippen molar-refractivity contribution in [3.8, 4) is 0 Å². The summed E-state index contributed by atoms with van der Waals surface area (Å²) in [6.45, 7) is 0. The van der Waals surface area contributed by atoms with E-state index in [0.29, 0.717) is 0 Å². The molecule has 1 rings (SSSR count). The Labute approximate surface area is 47.0 Å². The van der Waals surface area contributed by atoms with Crippen LogP contribution < -0.4 is 0 Å². The van der Waals surface area contributed by atoms with Gasteiger partial charge in [-0.05, 0) is 0 Å². The summed E-state index contributed by atoms with van der Waals surface area (Å²) in [6.07, 6.45) is 8.41. The van der Waals surface area contributed by atoms with Crippen LogP contribution in [-0.2, 0) is 0 Å². The van der Waals surface area contributed by atoms with Gasteiger partial charge in [0.05, 0.1) is 0 Å². The van der Waals surface area contributed by atoms with Crippen LogP contribution in [-0.4, -0.2) is 22.2 Å². The monoisotopic (exact) mass is 134 g/mol. The van der Waals surface area contributed by atoms with Gasteiger partial charge in [-0.3, -0.25) is 0 Å². The standard InChI is InChI=1S/C5H4.Ga.H/c1-2-4-5-3-1;;/h1-4H;;. The molecule has 0 fully saturated rings. The molecule has 0 heterocycles. The zero-order chi connectivity index (χ0) is 4.41. The minimum atomic E-state index is 1.28. The normalized spacial score (nSPS) is 16.8. The van der Waals surface area contributed by atoms with Crippen molar-refractivity contribution in [2.45, 2.75) is 0 Å². The van der Waals surface area contributed by atoms with E-state index in [4.69, 9.17) is 0 Å². The molecular formula is C5H5Ga. The Morgan fingerprint density at radius 1 is 1.17 bits per heavy atom. The average molecular weight is 135 g/mol. The van der Waals surface area contributed by atoms with E-state index in [1.54, 1.807) is 0 Å². The fourth-order valence-electron chi connectivity index (χ4n) is 0.414. The van der Waals surface area contributed by atoms with Gasteiger partial charge >= 0.3 is 46.5 Å². The van der Waals surface area contributed by atoms with Gasteiger partial charge in [-0.2, -0.15) is 0 Å². The Bertz CT molecular complexity index is 106. The van der Waals surface area contributed by atoms with E-state index in [2.05, 4.69) is 24.3 Å². The van der Waals surface area contributed by atoms with Gasteiger partial charge in [-0.25, -0.2) is 0 Å². The van der Waals surface area contributed by atoms with Crippen LogP contribution in [0.15, 0.2) is 24.3 Å². The van der Waals surface area contributed by atoms with Gasteiger partial charge < -0.3 is 0 Å². The summed E-state index contributed by atoms with van der Waals surface area (Å²) in [5.41, 5.74) is 0. The molecule has 0 aromatic rings. The van der Waals surface area contributed by atoms with E-state index in [0.717, 1.165) is 0 Å². The van der Waals surface area contributed by atoms with Gasteiger partial charge in [0, 0.05) is 0 Å². The van der Waals surface area contributed by atoms with Gasteiger partial charge in [-0.1, -0.05) is 0 Å². The third kappa shape index (κ3) is 0.728. The van der Waals surface area contributed by atoms with Crippen LogP contribution in [0.1, 0.15) is 0 Å². The van der Waals surface area contributed by atoms with E-state index in [1.807, 2.05) is 0 Å². The summed E-state index contributed by atoms with van der Waals surface area (Å²) < 4.78 is 1.47. The van der Waals surface area contributed by atoms with Crippen molar-refractivity contribution in [3.63, 3.8) is 0 Å². The Morgan fingerprint density at radius 3 is 1.83 bits per heavy atom. The summed E-state index contributed by atoms with van der Waals surface area (Å²) >= 11 is 1.28. The van der Waals surface area contributed by atoms with Gasteiger partial charge in [0.25, 0.3) is 0 Å². The number of hydrogen-bond acceptors (Lipinski definition) is 0. The molecule has 0 nitrogen and oxygen atoms in total. The summed E-state index contributed by atoms with van der Waals surface area (Å²) in [5, 5.41) is 0. The summed E-state index contributed by atoms with van der Waals surface area (Å²) in [4.78, 5) is 0. The molecule has 1 aliphatic carbocycles. The third-order valence-corrected chi connectivity index (χ3v) is 1.72. The van der Waals surface area contributed by atoms with Crippen molar-refractivity contribution in [1.82, 2.24) is 0 Å². The molecule has 1 heteroatoms. The molecule has 0 aromatic carbocycles. The average Bonchev–Trinajstić information content (AvgIpc) is 1.86. The zero-order valence-electron chi connectivity index (χ0n) is 3.52. The summed E-state index contributed by atoms with van der Waals surface area (Å²) in [5.74, 6) is 0. The van der Waals surface area contributed by atoms with Crippen molar-refractivity contribution >= 4 is 22.2 Å². The molecule has 0 aromatic heterocycles. The van der Waals surface area contributed by atoms with E-state index in [1.165, 1.54) is 22.2 Å². The first-order chi connectivity index (χ1) is 2.89. The second-order valence-corrected chi connectivity index (χ2v) is 3.01. The SMILES string of the molecule is [GaH]=[C]1C=CC=C1. The van der Waals surface area contributed by atoms with Crippen molar-refractivity contribution in [3.05, 3.63) is 24.3 Å². The van der Waals surface area contributed by atoms with Crippen LogP contribution in [0.2, 0.25) is 0 Å². The number of allylic oxidation sites excluding steroid dienone is 4. The van der Waals surface area contributed by atoms with Gasteiger partial charge in [-0.15, -0.1) is 0 Å². The van der Waals surface area contributed by atoms with Gasteiger partial charge in [0.15, 0.2) is 0 Å². The quantitative estimate of drug-likeness (QED) is 0.415. The van der Waals surface area contributed by atoms with E-state index in [-0.39, 0.29) is 0 Å². The Balaban J connectivity index is 2.86. The molecular weight excluding hydrogens is 130 g/mol.